The van der Waals surface area contributed by atoms with Crippen molar-refractivity contribution in [2.24, 2.45) is 0 Å². The van der Waals surface area contributed by atoms with E-state index in [2.05, 4.69) is 14.7 Å². The molecule has 1 unspecified atom stereocenters. The fourth-order valence-corrected chi connectivity index (χ4v) is 6.24. The molecule has 5 rings (SSSR count). The average Bonchev–Trinajstić information content (AvgIpc) is 3.56. The zero-order valence-electron chi connectivity index (χ0n) is 18.8. The standard InChI is InChI=1S/C25H19ClN4O4S2/c1-34-24(31)17-7-10-20-18(14-17)15-21(30(20)25-27-11-3-12-28-25)23(16-5-8-19(26)9-6-16)29-36(32,33)22-4-2-13-35-22/h2-15,23,29H,1H3. The lowest BCUT2D eigenvalue weighted by molar-refractivity contribution is 0.0601. The third kappa shape index (κ3) is 4.63. The van der Waals surface area contributed by atoms with Gasteiger partial charge >= 0.3 is 5.97 Å². The fourth-order valence-electron chi connectivity index (χ4n) is 3.91. The molecule has 36 heavy (non-hydrogen) atoms. The molecule has 0 fully saturated rings. The molecule has 0 aliphatic rings. The van der Waals surface area contributed by atoms with Crippen LogP contribution in [0.2, 0.25) is 5.02 Å². The van der Waals surface area contributed by atoms with Gasteiger partial charge in [0.2, 0.25) is 5.95 Å². The maximum atomic E-state index is 13.3. The molecule has 182 valence electrons. The summed E-state index contributed by atoms with van der Waals surface area (Å²) in [5.41, 5.74) is 2.27. The number of hydrogen-bond acceptors (Lipinski definition) is 7. The van der Waals surface area contributed by atoms with Crippen LogP contribution in [-0.2, 0) is 14.8 Å². The molecular weight excluding hydrogens is 520 g/mol. The number of methoxy groups -OCH3 is 1. The van der Waals surface area contributed by atoms with Gasteiger partial charge in [-0.2, -0.15) is 4.72 Å². The minimum atomic E-state index is -3.88. The van der Waals surface area contributed by atoms with Crippen molar-refractivity contribution < 1.29 is 17.9 Å². The van der Waals surface area contributed by atoms with Crippen molar-refractivity contribution in [3.63, 3.8) is 0 Å². The Morgan fingerprint density at radius 1 is 1.06 bits per heavy atom. The average molecular weight is 539 g/mol. The van der Waals surface area contributed by atoms with E-state index >= 15 is 0 Å². The number of carbonyl (C=O) groups excluding carboxylic acids is 1. The predicted molar refractivity (Wildman–Crippen MR) is 138 cm³/mol. The monoisotopic (exact) mass is 538 g/mol. The first-order valence-electron chi connectivity index (χ1n) is 10.7. The Morgan fingerprint density at radius 3 is 2.47 bits per heavy atom. The van der Waals surface area contributed by atoms with Crippen LogP contribution in [0.15, 0.2) is 88.7 Å². The smallest absolute Gasteiger partial charge is 0.337 e. The summed E-state index contributed by atoms with van der Waals surface area (Å²) in [6, 6.07) is 17.9. The van der Waals surface area contributed by atoms with Crippen LogP contribution in [0.4, 0.5) is 0 Å². The van der Waals surface area contributed by atoms with Gasteiger partial charge in [-0.25, -0.2) is 23.2 Å². The lowest BCUT2D eigenvalue weighted by atomic mass is 10.0. The van der Waals surface area contributed by atoms with Gasteiger partial charge in [0, 0.05) is 28.5 Å². The predicted octanol–water partition coefficient (Wildman–Crippen LogP) is 4.99. The maximum absolute atomic E-state index is 13.3. The number of aromatic nitrogens is 3. The Labute approximate surface area is 216 Å². The van der Waals surface area contributed by atoms with Crippen LogP contribution >= 0.6 is 22.9 Å². The number of halogens is 1. The number of thiophene rings is 1. The molecule has 3 aromatic heterocycles. The molecule has 11 heteroatoms. The molecule has 0 bridgehead atoms. The van der Waals surface area contributed by atoms with E-state index < -0.39 is 22.0 Å². The van der Waals surface area contributed by atoms with Crippen molar-refractivity contribution >= 4 is 49.8 Å². The van der Waals surface area contributed by atoms with Gasteiger partial charge in [-0.3, -0.25) is 4.57 Å². The van der Waals surface area contributed by atoms with Gasteiger partial charge in [-0.15, -0.1) is 11.3 Å². The van der Waals surface area contributed by atoms with Gasteiger partial charge in [-0.05, 0) is 59.5 Å². The van der Waals surface area contributed by atoms with E-state index in [-0.39, 0.29) is 4.21 Å². The van der Waals surface area contributed by atoms with Gasteiger partial charge < -0.3 is 4.74 Å². The van der Waals surface area contributed by atoms with Crippen LogP contribution in [-0.4, -0.2) is 36.0 Å². The van der Waals surface area contributed by atoms with Crippen LogP contribution in [0.1, 0.15) is 27.7 Å². The second kappa shape index (κ2) is 9.82. The maximum Gasteiger partial charge on any atom is 0.337 e. The molecule has 0 spiro atoms. The number of hydrogen-bond donors (Lipinski definition) is 1. The summed E-state index contributed by atoms with van der Waals surface area (Å²) in [4.78, 5) is 21.0. The van der Waals surface area contributed by atoms with Crippen molar-refractivity contribution in [2.75, 3.05) is 7.11 Å². The highest BCUT2D eigenvalue weighted by Crippen LogP contribution is 2.33. The summed E-state index contributed by atoms with van der Waals surface area (Å²) in [7, 11) is -2.56. The van der Waals surface area contributed by atoms with Gasteiger partial charge in [0.25, 0.3) is 10.0 Å². The topological polar surface area (TPSA) is 103 Å². The Kier molecular flexibility index (Phi) is 6.59. The molecule has 3 heterocycles. The number of ether oxygens (including phenoxy) is 1. The number of nitrogens with one attached hydrogen (secondary N) is 1. The first-order chi connectivity index (χ1) is 17.4. The molecule has 0 saturated heterocycles. The zero-order chi connectivity index (χ0) is 25.3. The van der Waals surface area contributed by atoms with Crippen molar-refractivity contribution in [1.82, 2.24) is 19.3 Å². The minimum Gasteiger partial charge on any atom is -0.465 e. The van der Waals surface area contributed by atoms with E-state index in [1.54, 1.807) is 83.0 Å². The molecule has 0 amide bonds. The number of rotatable bonds is 7. The van der Waals surface area contributed by atoms with E-state index in [4.69, 9.17) is 16.3 Å². The highest BCUT2D eigenvalue weighted by molar-refractivity contribution is 7.91. The minimum absolute atomic E-state index is 0.188. The Bertz CT molecular complexity index is 1640. The van der Waals surface area contributed by atoms with E-state index in [1.165, 1.54) is 7.11 Å². The highest BCUT2D eigenvalue weighted by atomic mass is 35.5. The third-order valence-corrected chi connectivity index (χ3v) is 8.61. The van der Waals surface area contributed by atoms with Crippen molar-refractivity contribution in [3.8, 4) is 5.95 Å². The highest BCUT2D eigenvalue weighted by Gasteiger charge is 2.28. The molecule has 8 nitrogen and oxygen atoms in total. The summed E-state index contributed by atoms with van der Waals surface area (Å²) in [6.45, 7) is 0. The van der Waals surface area contributed by atoms with Crippen LogP contribution in [0.5, 0.6) is 0 Å². The third-order valence-electron chi connectivity index (χ3n) is 5.54. The van der Waals surface area contributed by atoms with Crippen LogP contribution < -0.4 is 4.72 Å². The molecule has 0 aliphatic heterocycles. The van der Waals surface area contributed by atoms with Crippen molar-refractivity contribution in [3.05, 3.63) is 106 Å². The van der Waals surface area contributed by atoms with Gasteiger partial charge in [0.05, 0.1) is 24.2 Å². The molecule has 1 N–H and O–H groups in total. The van der Waals surface area contributed by atoms with Crippen molar-refractivity contribution in [2.45, 2.75) is 10.3 Å². The number of carbonyl (C=O) groups is 1. The van der Waals surface area contributed by atoms with E-state index in [9.17, 15) is 13.2 Å². The van der Waals surface area contributed by atoms with Gasteiger partial charge in [0.1, 0.15) is 4.21 Å². The lowest BCUT2D eigenvalue weighted by Crippen LogP contribution is -2.30. The number of nitrogens with zero attached hydrogens (tertiary/aromatic N) is 3. The lowest BCUT2D eigenvalue weighted by Gasteiger charge is -2.21. The van der Waals surface area contributed by atoms with Gasteiger partial charge in [-0.1, -0.05) is 29.8 Å². The molecule has 0 aliphatic carbocycles. The SMILES string of the molecule is COC(=O)c1ccc2c(c1)cc(C(NS(=O)(=O)c1cccs1)c1ccc(Cl)cc1)n2-c1ncccn1. The second-order valence-electron chi connectivity index (χ2n) is 7.76. The summed E-state index contributed by atoms with van der Waals surface area (Å²) >= 11 is 7.25. The number of fused-ring (bicyclic) bond motifs is 1. The summed E-state index contributed by atoms with van der Waals surface area (Å²) in [5, 5.41) is 2.91. The van der Waals surface area contributed by atoms with Crippen LogP contribution in [0, 0.1) is 0 Å². The molecule has 2 aromatic carbocycles. The van der Waals surface area contributed by atoms with Gasteiger partial charge in [0.15, 0.2) is 0 Å². The first kappa shape index (κ1) is 24.1. The summed E-state index contributed by atoms with van der Waals surface area (Å²) in [5.74, 6) is -0.127. The normalized spacial score (nSPS) is 12.5. The van der Waals surface area contributed by atoms with Crippen LogP contribution in [0.3, 0.4) is 0 Å². The quantitative estimate of drug-likeness (QED) is 0.293. The Hall–Kier alpha value is -3.57. The largest absolute Gasteiger partial charge is 0.465 e. The zero-order valence-corrected chi connectivity index (χ0v) is 21.2. The van der Waals surface area contributed by atoms with Crippen molar-refractivity contribution in [1.29, 1.82) is 0 Å². The molecular formula is C25H19ClN4O4S2. The summed E-state index contributed by atoms with van der Waals surface area (Å²) < 4.78 is 36.3. The van der Waals surface area contributed by atoms with Crippen LogP contribution in [0.25, 0.3) is 16.9 Å². The Morgan fingerprint density at radius 2 is 1.81 bits per heavy atom. The molecule has 0 saturated carbocycles. The number of benzene rings is 2. The first-order valence-corrected chi connectivity index (χ1v) is 13.4. The Balaban J connectivity index is 1.76. The number of esters is 1. The molecule has 0 radical (unpaired) electrons. The molecule has 5 aromatic rings. The number of sulfonamides is 1. The summed E-state index contributed by atoms with van der Waals surface area (Å²) in [6.07, 6.45) is 3.21. The molecule has 1 atom stereocenters. The van der Waals surface area contributed by atoms with E-state index in [1.807, 2.05) is 6.07 Å². The fraction of sp³-hybridized carbons (Fsp3) is 0.0800. The van der Waals surface area contributed by atoms with E-state index in [0.717, 1.165) is 11.3 Å². The van der Waals surface area contributed by atoms with E-state index in [0.29, 0.717) is 38.7 Å². The second-order valence-corrected chi connectivity index (χ2v) is 11.1.